The molecule has 2 rings (SSSR count). The van der Waals surface area contributed by atoms with Crippen LogP contribution in [0.15, 0.2) is 54.6 Å². The molecule has 1 unspecified atom stereocenters. The lowest BCUT2D eigenvalue weighted by molar-refractivity contribution is -0.134. The second kappa shape index (κ2) is 14.4. The van der Waals surface area contributed by atoms with E-state index in [1.165, 1.54) is 26.4 Å². The van der Waals surface area contributed by atoms with Crippen LogP contribution in [0.4, 0.5) is 0 Å². The van der Waals surface area contributed by atoms with E-state index in [0.717, 1.165) is 12.0 Å². The summed E-state index contributed by atoms with van der Waals surface area (Å²) in [4.78, 5) is 34.0. The van der Waals surface area contributed by atoms with E-state index in [1.807, 2.05) is 56.3 Å². The molecule has 10 nitrogen and oxygen atoms in total. The van der Waals surface area contributed by atoms with E-state index in [1.54, 1.807) is 0 Å². The summed E-state index contributed by atoms with van der Waals surface area (Å²) in [5.41, 5.74) is 0.686. The smallest absolute Gasteiger partial charge is 0.338 e. The Morgan fingerprint density at radius 2 is 1.50 bits per heavy atom. The van der Waals surface area contributed by atoms with Gasteiger partial charge in [-0.25, -0.2) is 14.4 Å². The summed E-state index contributed by atoms with van der Waals surface area (Å²) in [6.07, 6.45) is 1.83. The van der Waals surface area contributed by atoms with E-state index < -0.39 is 30.5 Å². The summed E-state index contributed by atoms with van der Waals surface area (Å²) in [6, 6.07) is 12.6. The van der Waals surface area contributed by atoms with E-state index in [2.05, 4.69) is 0 Å². The Morgan fingerprint density at radius 1 is 0.972 bits per heavy atom. The number of carbonyl (C=O) groups excluding carboxylic acids is 1. The number of hydrogen-bond acceptors (Lipinski definition) is 8. The molecule has 196 valence electrons. The summed E-state index contributed by atoms with van der Waals surface area (Å²) in [5, 5.41) is 15.6. The quantitative estimate of drug-likeness (QED) is 0.345. The van der Waals surface area contributed by atoms with Crippen molar-refractivity contribution >= 4 is 17.9 Å². The SMILES string of the molecule is O=C(O)/C=C\C(=O)O.[2H]C([2H])([2H])Oc1c(OC)cc(C(=O)OCC(CC)(c2ccccc2)N(C)C)cc1OC. The molecular weight excluding hydrogens is 470 g/mol. The zero-order chi connectivity index (χ0) is 29.8. The number of likely N-dealkylation sites (N-methyl/N-ethyl adjacent to an activating group) is 1. The Hall–Kier alpha value is -4.05. The van der Waals surface area contributed by atoms with Crippen LogP contribution in [0.1, 0.15) is 33.4 Å². The first kappa shape index (κ1) is 25.1. The van der Waals surface area contributed by atoms with E-state index in [4.69, 9.17) is 33.3 Å². The van der Waals surface area contributed by atoms with Crippen molar-refractivity contribution in [3.63, 3.8) is 0 Å². The van der Waals surface area contributed by atoms with Gasteiger partial charge < -0.3 is 29.2 Å². The summed E-state index contributed by atoms with van der Waals surface area (Å²) >= 11 is 0. The molecule has 0 saturated carbocycles. The molecule has 0 spiro atoms. The van der Waals surface area contributed by atoms with Gasteiger partial charge in [0.2, 0.25) is 5.75 Å². The third-order valence-corrected chi connectivity index (χ3v) is 5.36. The predicted octanol–water partition coefficient (Wildman–Crippen LogP) is 3.45. The van der Waals surface area contributed by atoms with Gasteiger partial charge in [0.25, 0.3) is 0 Å². The molecule has 0 saturated heterocycles. The first-order valence-electron chi connectivity index (χ1n) is 12.2. The molecule has 0 aliphatic carbocycles. The highest BCUT2D eigenvalue weighted by molar-refractivity contribution is 5.91. The van der Waals surface area contributed by atoms with Gasteiger partial charge in [-0.05, 0) is 38.2 Å². The van der Waals surface area contributed by atoms with E-state index >= 15 is 0 Å². The van der Waals surface area contributed by atoms with E-state index in [0.29, 0.717) is 12.2 Å². The second-order valence-corrected chi connectivity index (χ2v) is 7.54. The van der Waals surface area contributed by atoms with Crippen LogP contribution < -0.4 is 14.2 Å². The zero-order valence-corrected chi connectivity index (χ0v) is 20.8. The van der Waals surface area contributed by atoms with Crippen molar-refractivity contribution in [2.45, 2.75) is 18.9 Å². The molecule has 0 aromatic heterocycles. The van der Waals surface area contributed by atoms with Gasteiger partial charge >= 0.3 is 17.9 Å². The number of benzene rings is 2. The van der Waals surface area contributed by atoms with Crippen molar-refractivity contribution in [1.82, 2.24) is 4.90 Å². The van der Waals surface area contributed by atoms with Gasteiger partial charge in [0.05, 0.1) is 36.5 Å². The maximum absolute atomic E-state index is 12.9. The minimum atomic E-state index is -2.70. The Morgan fingerprint density at radius 3 is 1.89 bits per heavy atom. The molecular formula is C26H33NO9. The number of aliphatic carboxylic acids is 2. The predicted molar refractivity (Wildman–Crippen MR) is 133 cm³/mol. The van der Waals surface area contributed by atoms with Crippen molar-refractivity contribution in [2.75, 3.05) is 42.0 Å². The number of rotatable bonds is 11. The normalized spacial score (nSPS) is 13.8. The number of carboxylic acid groups (broad SMARTS) is 2. The minimum absolute atomic E-state index is 0.0554. The van der Waals surface area contributed by atoms with Crippen molar-refractivity contribution in [3.8, 4) is 17.2 Å². The summed E-state index contributed by atoms with van der Waals surface area (Å²) < 4.78 is 43.1. The van der Waals surface area contributed by atoms with Crippen LogP contribution in [0.3, 0.4) is 0 Å². The van der Waals surface area contributed by atoms with Crippen LogP contribution in [0.25, 0.3) is 0 Å². The topological polar surface area (TPSA) is 132 Å². The molecule has 0 radical (unpaired) electrons. The molecule has 2 aromatic rings. The molecule has 0 heterocycles. The van der Waals surface area contributed by atoms with Crippen LogP contribution in [-0.2, 0) is 19.9 Å². The summed E-state index contributed by atoms with van der Waals surface area (Å²) in [7, 11) is 3.87. The van der Waals surface area contributed by atoms with Crippen LogP contribution in [0, 0.1) is 0 Å². The van der Waals surface area contributed by atoms with E-state index in [-0.39, 0.29) is 29.4 Å². The lowest BCUT2D eigenvalue weighted by Crippen LogP contribution is -2.45. The number of nitrogens with zero attached hydrogens (tertiary/aromatic N) is 1. The third kappa shape index (κ3) is 8.02. The Labute approximate surface area is 214 Å². The van der Waals surface area contributed by atoms with Gasteiger partial charge in [-0.3, -0.25) is 4.90 Å². The lowest BCUT2D eigenvalue weighted by atomic mass is 9.87. The minimum Gasteiger partial charge on any atom is -0.493 e. The number of hydrogen-bond donors (Lipinski definition) is 2. The average molecular weight is 507 g/mol. The Balaban J connectivity index is 0.000000824. The maximum atomic E-state index is 12.9. The highest BCUT2D eigenvalue weighted by Gasteiger charge is 2.34. The molecule has 2 aromatic carbocycles. The molecule has 0 amide bonds. The second-order valence-electron chi connectivity index (χ2n) is 7.54. The van der Waals surface area contributed by atoms with Gasteiger partial charge in [-0.1, -0.05) is 37.3 Å². The highest BCUT2D eigenvalue weighted by atomic mass is 16.5. The number of carbonyl (C=O) groups is 3. The number of methoxy groups -OCH3 is 3. The molecule has 10 heteroatoms. The van der Waals surface area contributed by atoms with Crippen molar-refractivity contribution in [2.24, 2.45) is 0 Å². The van der Waals surface area contributed by atoms with Gasteiger partial charge in [-0.2, -0.15) is 0 Å². The van der Waals surface area contributed by atoms with Crippen molar-refractivity contribution in [1.29, 1.82) is 0 Å². The molecule has 0 aliphatic rings. The maximum Gasteiger partial charge on any atom is 0.338 e. The van der Waals surface area contributed by atoms with Crippen LogP contribution in [0.5, 0.6) is 17.2 Å². The highest BCUT2D eigenvalue weighted by Crippen LogP contribution is 2.38. The molecule has 0 fully saturated rings. The molecule has 2 N–H and O–H groups in total. The van der Waals surface area contributed by atoms with Crippen LogP contribution in [-0.4, -0.2) is 75.0 Å². The fourth-order valence-electron chi connectivity index (χ4n) is 3.35. The van der Waals surface area contributed by atoms with E-state index in [9.17, 15) is 14.4 Å². The molecule has 0 aliphatic heterocycles. The fourth-order valence-corrected chi connectivity index (χ4v) is 3.35. The molecule has 1 atom stereocenters. The number of carboxylic acids is 2. The Bertz CT molecular complexity index is 1110. The average Bonchev–Trinajstić information content (AvgIpc) is 2.88. The standard InChI is InChI=1S/C22H29NO5.C4H4O4/c1-7-22(23(2)3,17-11-9-8-10-12-17)15-28-21(24)16-13-18(25-4)20(27-6)19(14-16)26-5;5-3(6)1-2-4(7)8/h8-14H,7,15H2,1-6H3;1-2H,(H,5,6)(H,7,8)/b;2-1-/i6D3;. The van der Waals surface area contributed by atoms with Crippen molar-refractivity contribution < 1.29 is 47.7 Å². The molecule has 36 heavy (non-hydrogen) atoms. The summed E-state index contributed by atoms with van der Waals surface area (Å²) in [5.74, 6) is -3.10. The van der Waals surface area contributed by atoms with Crippen LogP contribution >= 0.6 is 0 Å². The lowest BCUT2D eigenvalue weighted by Gasteiger charge is -2.39. The van der Waals surface area contributed by atoms with Crippen LogP contribution in [0.2, 0.25) is 0 Å². The zero-order valence-electron chi connectivity index (χ0n) is 23.8. The number of ether oxygens (including phenoxy) is 4. The first-order valence-corrected chi connectivity index (χ1v) is 10.7. The van der Waals surface area contributed by atoms with Gasteiger partial charge in [0, 0.05) is 12.2 Å². The molecule has 0 bridgehead atoms. The summed E-state index contributed by atoms with van der Waals surface area (Å²) in [6.45, 7) is 2.16. The third-order valence-electron chi connectivity index (χ3n) is 5.36. The first-order chi connectivity index (χ1) is 18.2. The van der Waals surface area contributed by atoms with Gasteiger partial charge in [0.15, 0.2) is 11.5 Å². The van der Waals surface area contributed by atoms with Gasteiger partial charge in [0.1, 0.15) is 6.61 Å². The van der Waals surface area contributed by atoms with Crippen molar-refractivity contribution in [3.05, 3.63) is 65.7 Å². The number of esters is 1. The largest absolute Gasteiger partial charge is 0.493 e. The Kier molecular flexibility index (Phi) is 10.0. The van der Waals surface area contributed by atoms with Gasteiger partial charge in [-0.15, -0.1) is 0 Å². The monoisotopic (exact) mass is 506 g/mol. The fraction of sp³-hybridized carbons (Fsp3) is 0.346.